The lowest BCUT2D eigenvalue weighted by Crippen LogP contribution is -2.55. The van der Waals surface area contributed by atoms with Gasteiger partial charge in [-0.1, -0.05) is 65.8 Å². The Kier molecular flexibility index (Phi) is 9.18. The minimum Gasteiger partial charge on any atom is -0.339 e. The average Bonchev–Trinajstić information content (AvgIpc) is 3.36. The SMILES string of the molecule is Cc1ccccc1Cn1c2ccccc2c2nnc(SCCCC(=O)N3CCN(C(=O)c4ccc([N+](=O)[O-])cc4Cl)[C@@H](C)C3)nc21. The molecule has 3 aromatic carbocycles. The number of aromatic nitrogens is 4. The summed E-state index contributed by atoms with van der Waals surface area (Å²) in [6.07, 6.45) is 1.01. The highest BCUT2D eigenvalue weighted by Gasteiger charge is 2.31. The second kappa shape index (κ2) is 13.4. The number of carbonyl (C=O) groups excluding carboxylic acids is 2. The lowest BCUT2D eigenvalue weighted by atomic mass is 10.1. The van der Waals surface area contributed by atoms with Gasteiger partial charge in [0.2, 0.25) is 11.1 Å². The third kappa shape index (κ3) is 6.40. The summed E-state index contributed by atoms with van der Waals surface area (Å²) in [6, 6.07) is 20.1. The zero-order chi connectivity index (χ0) is 32.4. The first-order chi connectivity index (χ1) is 22.2. The van der Waals surface area contributed by atoms with Crippen molar-refractivity contribution in [1.82, 2.24) is 29.5 Å². The van der Waals surface area contributed by atoms with Crippen LogP contribution in [0.15, 0.2) is 71.9 Å². The van der Waals surface area contributed by atoms with E-state index in [1.165, 1.54) is 41.1 Å². The van der Waals surface area contributed by atoms with Gasteiger partial charge in [-0.3, -0.25) is 19.7 Å². The van der Waals surface area contributed by atoms with Gasteiger partial charge in [-0.25, -0.2) is 4.98 Å². The first kappa shape index (κ1) is 31.4. The van der Waals surface area contributed by atoms with Crippen molar-refractivity contribution in [2.45, 2.75) is 44.4 Å². The van der Waals surface area contributed by atoms with Crippen LogP contribution < -0.4 is 0 Å². The van der Waals surface area contributed by atoms with Crippen LogP contribution in [0.4, 0.5) is 5.69 Å². The fourth-order valence-corrected chi connectivity index (χ4v) is 6.82. The number of non-ortho nitro benzene ring substituents is 1. The number of amides is 2. The lowest BCUT2D eigenvalue weighted by molar-refractivity contribution is -0.384. The number of rotatable bonds is 9. The van der Waals surface area contributed by atoms with Crippen LogP contribution in [-0.4, -0.2) is 77.7 Å². The highest BCUT2D eigenvalue weighted by molar-refractivity contribution is 7.99. The zero-order valence-corrected chi connectivity index (χ0v) is 27.0. The molecule has 11 nitrogen and oxygen atoms in total. The number of halogens is 1. The van der Waals surface area contributed by atoms with Crippen molar-refractivity contribution in [3.05, 3.63) is 98.6 Å². The maximum absolute atomic E-state index is 13.1. The van der Waals surface area contributed by atoms with E-state index >= 15 is 0 Å². The normalized spacial score (nSPS) is 15.1. The molecule has 0 saturated carbocycles. The predicted octanol–water partition coefficient (Wildman–Crippen LogP) is 6.14. The van der Waals surface area contributed by atoms with Gasteiger partial charge < -0.3 is 14.4 Å². The Labute approximate surface area is 274 Å². The van der Waals surface area contributed by atoms with Crippen LogP contribution in [0.25, 0.3) is 22.1 Å². The van der Waals surface area contributed by atoms with E-state index in [0.717, 1.165) is 22.1 Å². The van der Waals surface area contributed by atoms with Crippen molar-refractivity contribution in [3.8, 4) is 0 Å². The largest absolute Gasteiger partial charge is 0.339 e. The molecule has 1 aliphatic rings. The molecular formula is C33H32ClN7O4S. The number of nitro groups is 1. The molecule has 13 heteroatoms. The van der Waals surface area contributed by atoms with Crippen molar-refractivity contribution in [2.24, 2.45) is 0 Å². The molecule has 2 amide bonds. The van der Waals surface area contributed by atoms with Gasteiger partial charge in [-0.15, -0.1) is 10.2 Å². The summed E-state index contributed by atoms with van der Waals surface area (Å²) in [6.45, 7) is 5.82. The maximum Gasteiger partial charge on any atom is 0.270 e. The first-order valence-electron chi connectivity index (χ1n) is 15.0. The van der Waals surface area contributed by atoms with Gasteiger partial charge in [0.1, 0.15) is 5.52 Å². The molecule has 0 N–H and O–H groups in total. The minimum atomic E-state index is -0.554. The molecule has 6 rings (SSSR count). The average molecular weight is 658 g/mol. The molecule has 0 radical (unpaired) electrons. The fourth-order valence-electron chi connectivity index (χ4n) is 5.84. The fraction of sp³-hybridized carbons (Fsp3) is 0.303. The third-order valence-corrected chi connectivity index (χ3v) is 9.58. The number of hydrogen-bond acceptors (Lipinski definition) is 8. The monoisotopic (exact) mass is 657 g/mol. The number of fused-ring (bicyclic) bond motifs is 3. The van der Waals surface area contributed by atoms with Gasteiger partial charge in [0.15, 0.2) is 5.65 Å². The summed E-state index contributed by atoms with van der Waals surface area (Å²) < 4.78 is 2.19. The molecule has 0 aliphatic carbocycles. The second-order valence-corrected chi connectivity index (χ2v) is 12.8. The molecule has 236 valence electrons. The number of aryl methyl sites for hydroxylation is 1. The number of para-hydroxylation sites is 1. The lowest BCUT2D eigenvalue weighted by Gasteiger charge is -2.40. The zero-order valence-electron chi connectivity index (χ0n) is 25.4. The summed E-state index contributed by atoms with van der Waals surface area (Å²) in [7, 11) is 0. The Bertz CT molecular complexity index is 1970. The first-order valence-corrected chi connectivity index (χ1v) is 16.4. The van der Waals surface area contributed by atoms with Crippen LogP contribution in [0, 0.1) is 17.0 Å². The third-order valence-electron chi connectivity index (χ3n) is 8.35. The number of piperazine rings is 1. The Balaban J connectivity index is 1.05. The van der Waals surface area contributed by atoms with E-state index in [9.17, 15) is 19.7 Å². The molecule has 5 aromatic rings. The van der Waals surface area contributed by atoms with Crippen LogP contribution in [0.3, 0.4) is 0 Å². The summed E-state index contributed by atoms with van der Waals surface area (Å²) in [5.41, 5.74) is 5.08. The molecule has 1 aliphatic heterocycles. The maximum atomic E-state index is 13.1. The topological polar surface area (TPSA) is 127 Å². The molecule has 2 aromatic heterocycles. The van der Waals surface area contributed by atoms with Crippen molar-refractivity contribution in [3.63, 3.8) is 0 Å². The Morgan fingerprint density at radius 3 is 2.61 bits per heavy atom. The summed E-state index contributed by atoms with van der Waals surface area (Å²) in [5.74, 6) is 0.379. The minimum absolute atomic E-state index is 0.0285. The van der Waals surface area contributed by atoms with E-state index in [4.69, 9.17) is 16.6 Å². The number of nitrogens with zero attached hydrogens (tertiary/aromatic N) is 7. The van der Waals surface area contributed by atoms with Crippen LogP contribution in [0.5, 0.6) is 0 Å². The Morgan fingerprint density at radius 2 is 1.85 bits per heavy atom. The van der Waals surface area contributed by atoms with Gasteiger partial charge in [0.05, 0.1) is 21.0 Å². The number of carbonyl (C=O) groups is 2. The summed E-state index contributed by atoms with van der Waals surface area (Å²) in [5, 5.41) is 21.6. The number of nitro benzene ring substituents is 1. The van der Waals surface area contributed by atoms with Gasteiger partial charge in [0.25, 0.3) is 11.6 Å². The molecule has 1 saturated heterocycles. The Hall–Kier alpha value is -4.55. The van der Waals surface area contributed by atoms with Gasteiger partial charge in [0, 0.05) is 61.9 Å². The molecule has 3 heterocycles. The van der Waals surface area contributed by atoms with Gasteiger partial charge in [-0.2, -0.15) is 0 Å². The van der Waals surface area contributed by atoms with Crippen LogP contribution in [-0.2, 0) is 11.3 Å². The highest BCUT2D eigenvalue weighted by Crippen LogP contribution is 2.29. The van der Waals surface area contributed by atoms with E-state index in [1.54, 1.807) is 9.80 Å². The summed E-state index contributed by atoms with van der Waals surface area (Å²) in [4.78, 5) is 45.0. The standard InChI is InChI=1S/C33H32ClN7O4S/c1-21-8-3-4-9-23(21)20-40-28-11-6-5-10-26(28)30-31(40)35-33(37-36-30)46-17-7-12-29(42)38-15-16-39(22(2)19-38)32(43)25-14-13-24(41(44)45)18-27(25)34/h3-6,8-11,13-14,18,22H,7,12,15-17,19-20H2,1-2H3/t22-/m0/s1. The smallest absolute Gasteiger partial charge is 0.270 e. The molecular weight excluding hydrogens is 626 g/mol. The number of hydrogen-bond donors (Lipinski definition) is 0. The second-order valence-electron chi connectivity index (χ2n) is 11.4. The molecule has 46 heavy (non-hydrogen) atoms. The van der Waals surface area contributed by atoms with Crippen molar-refractivity contribution < 1.29 is 14.5 Å². The van der Waals surface area contributed by atoms with E-state index in [2.05, 4.69) is 39.9 Å². The van der Waals surface area contributed by atoms with Gasteiger partial charge in [-0.05, 0) is 43.5 Å². The highest BCUT2D eigenvalue weighted by atomic mass is 35.5. The van der Waals surface area contributed by atoms with Gasteiger partial charge >= 0.3 is 0 Å². The summed E-state index contributed by atoms with van der Waals surface area (Å²) >= 11 is 7.67. The van der Waals surface area contributed by atoms with Crippen molar-refractivity contribution in [2.75, 3.05) is 25.4 Å². The van der Waals surface area contributed by atoms with E-state index < -0.39 is 4.92 Å². The quantitative estimate of drug-likeness (QED) is 0.0800. The molecule has 0 unspecified atom stereocenters. The van der Waals surface area contributed by atoms with E-state index in [0.29, 0.717) is 49.9 Å². The molecule has 0 bridgehead atoms. The number of benzene rings is 3. The van der Waals surface area contributed by atoms with Crippen LogP contribution >= 0.6 is 23.4 Å². The van der Waals surface area contributed by atoms with Crippen molar-refractivity contribution in [1.29, 1.82) is 0 Å². The van der Waals surface area contributed by atoms with Crippen LogP contribution in [0.2, 0.25) is 5.02 Å². The Morgan fingerprint density at radius 1 is 1.07 bits per heavy atom. The molecule has 0 spiro atoms. The number of thioether (sulfide) groups is 1. The van der Waals surface area contributed by atoms with E-state index in [-0.39, 0.29) is 34.1 Å². The van der Waals surface area contributed by atoms with E-state index in [1.807, 2.05) is 37.3 Å². The van der Waals surface area contributed by atoms with Crippen LogP contribution in [0.1, 0.15) is 41.3 Å². The molecule has 1 fully saturated rings. The predicted molar refractivity (Wildman–Crippen MR) is 178 cm³/mol. The molecule has 1 atom stereocenters. The van der Waals surface area contributed by atoms with Crippen molar-refractivity contribution >= 4 is 62.9 Å².